The van der Waals surface area contributed by atoms with Crippen molar-refractivity contribution < 1.29 is 28.6 Å². The fourth-order valence-corrected chi connectivity index (χ4v) is 4.11. The van der Waals surface area contributed by atoms with Crippen molar-refractivity contribution in [1.29, 1.82) is 0 Å². The number of aryl methyl sites for hydroxylation is 2. The van der Waals surface area contributed by atoms with Crippen LogP contribution in [-0.2, 0) is 19.1 Å². The number of esters is 1. The van der Waals surface area contributed by atoms with Gasteiger partial charge in [-0.05, 0) is 79.6 Å². The summed E-state index contributed by atoms with van der Waals surface area (Å²) in [6.45, 7) is 3.73. The molecule has 37 heavy (non-hydrogen) atoms. The molecule has 0 spiro atoms. The van der Waals surface area contributed by atoms with Crippen molar-refractivity contribution in [3.8, 4) is 17.2 Å². The maximum Gasteiger partial charge on any atom is 0.311 e. The molecule has 3 aromatic carbocycles. The summed E-state index contributed by atoms with van der Waals surface area (Å²) < 4.78 is 16.3. The monoisotopic (exact) mass is 522 g/mol. The molecule has 0 aromatic heterocycles. The van der Waals surface area contributed by atoms with Crippen molar-refractivity contribution in [2.75, 3.05) is 30.5 Å². The Labute approximate surface area is 220 Å². The zero-order valence-corrected chi connectivity index (χ0v) is 21.5. The summed E-state index contributed by atoms with van der Waals surface area (Å²) in [7, 11) is 1.47. The molecule has 8 nitrogen and oxygen atoms in total. The molecular weight excluding hydrogens is 496 g/mol. The lowest BCUT2D eigenvalue weighted by molar-refractivity contribution is -0.151. The average molecular weight is 523 g/mol. The lowest BCUT2D eigenvalue weighted by atomic mass is 10.1. The molecule has 1 atom stereocenters. The molecule has 1 aliphatic heterocycles. The van der Waals surface area contributed by atoms with E-state index in [2.05, 4.69) is 5.32 Å². The number of anilines is 2. The van der Waals surface area contributed by atoms with Gasteiger partial charge in [-0.25, -0.2) is 0 Å². The lowest BCUT2D eigenvalue weighted by Gasteiger charge is -2.17. The van der Waals surface area contributed by atoms with Gasteiger partial charge in [0.15, 0.2) is 6.61 Å². The highest BCUT2D eigenvalue weighted by atomic mass is 35.5. The van der Waals surface area contributed by atoms with Crippen LogP contribution in [0.3, 0.4) is 0 Å². The molecule has 3 aromatic rings. The van der Waals surface area contributed by atoms with Gasteiger partial charge in [0.1, 0.15) is 17.2 Å². The van der Waals surface area contributed by atoms with Crippen LogP contribution in [0, 0.1) is 19.8 Å². The van der Waals surface area contributed by atoms with Crippen molar-refractivity contribution in [3.05, 3.63) is 76.8 Å². The number of hydrogen-bond acceptors (Lipinski definition) is 6. The van der Waals surface area contributed by atoms with Crippen molar-refractivity contribution in [2.24, 2.45) is 5.92 Å². The van der Waals surface area contributed by atoms with Crippen LogP contribution in [0.5, 0.6) is 17.2 Å². The molecule has 0 aliphatic carbocycles. The number of hydrogen-bond donors (Lipinski definition) is 1. The minimum absolute atomic E-state index is 0.00344. The predicted molar refractivity (Wildman–Crippen MR) is 140 cm³/mol. The number of carbonyl (C=O) groups excluding carboxylic acids is 3. The Bertz CT molecular complexity index is 1320. The fraction of sp³-hybridized carbons (Fsp3) is 0.250. The Morgan fingerprint density at radius 2 is 1.73 bits per heavy atom. The number of nitrogens with zero attached hydrogens (tertiary/aromatic N) is 1. The summed E-state index contributed by atoms with van der Waals surface area (Å²) in [4.78, 5) is 39.0. The second-order valence-electron chi connectivity index (χ2n) is 8.75. The predicted octanol–water partition coefficient (Wildman–Crippen LogP) is 5.29. The van der Waals surface area contributed by atoms with Crippen LogP contribution in [0.4, 0.5) is 11.4 Å². The van der Waals surface area contributed by atoms with E-state index in [9.17, 15) is 14.4 Å². The molecule has 192 valence electrons. The van der Waals surface area contributed by atoms with Crippen LogP contribution in [0.1, 0.15) is 17.5 Å². The molecule has 0 bridgehead atoms. The van der Waals surface area contributed by atoms with Gasteiger partial charge < -0.3 is 24.4 Å². The van der Waals surface area contributed by atoms with E-state index >= 15 is 0 Å². The minimum Gasteiger partial charge on any atom is -0.495 e. The van der Waals surface area contributed by atoms with E-state index in [1.54, 1.807) is 36.4 Å². The molecule has 0 radical (unpaired) electrons. The standard InChI is InChI=1S/C28H27ClN2O6/c1-17-4-8-23(12-18(17)2)37-22-9-6-21(7-10-22)31-15-19(13-27(31)33)28(34)36-16-26(32)30-24-14-20(29)5-11-25(24)35-3/h4-12,14,19H,13,15-16H2,1-3H3,(H,30,32)/t19-/m0/s1. The Hall–Kier alpha value is -4.04. The van der Waals surface area contributed by atoms with Gasteiger partial charge >= 0.3 is 5.97 Å². The third-order valence-corrected chi connectivity index (χ3v) is 6.34. The molecule has 2 amide bonds. The summed E-state index contributed by atoms with van der Waals surface area (Å²) >= 11 is 5.97. The number of nitrogens with one attached hydrogen (secondary N) is 1. The number of halogens is 1. The van der Waals surface area contributed by atoms with E-state index in [1.807, 2.05) is 32.0 Å². The number of carbonyl (C=O) groups is 3. The highest BCUT2D eigenvalue weighted by Gasteiger charge is 2.36. The van der Waals surface area contributed by atoms with E-state index in [0.29, 0.717) is 27.9 Å². The van der Waals surface area contributed by atoms with Crippen LogP contribution in [0.15, 0.2) is 60.7 Å². The maximum absolute atomic E-state index is 12.6. The van der Waals surface area contributed by atoms with Crippen LogP contribution < -0.4 is 19.7 Å². The number of methoxy groups -OCH3 is 1. The summed E-state index contributed by atoms with van der Waals surface area (Å²) in [5, 5.41) is 3.02. The SMILES string of the molecule is COc1ccc(Cl)cc1NC(=O)COC(=O)[C@H]1CC(=O)N(c2ccc(Oc3ccc(C)c(C)c3)cc2)C1. The molecule has 0 saturated carbocycles. The van der Waals surface area contributed by atoms with Crippen molar-refractivity contribution in [2.45, 2.75) is 20.3 Å². The Balaban J connectivity index is 1.31. The molecule has 9 heteroatoms. The number of amides is 2. The zero-order chi connectivity index (χ0) is 26.5. The second kappa shape index (κ2) is 11.3. The maximum atomic E-state index is 12.6. The topological polar surface area (TPSA) is 94.2 Å². The Morgan fingerprint density at radius 1 is 1.00 bits per heavy atom. The van der Waals surface area contributed by atoms with E-state index in [1.165, 1.54) is 23.6 Å². The van der Waals surface area contributed by atoms with Gasteiger partial charge in [-0.15, -0.1) is 0 Å². The summed E-state index contributed by atoms with van der Waals surface area (Å²) in [6, 6.07) is 17.7. The Kier molecular flexibility index (Phi) is 7.98. The summed E-state index contributed by atoms with van der Waals surface area (Å²) in [5.41, 5.74) is 3.34. The van der Waals surface area contributed by atoms with E-state index in [-0.39, 0.29) is 18.9 Å². The fourth-order valence-electron chi connectivity index (χ4n) is 3.94. The first-order chi connectivity index (χ1) is 17.7. The van der Waals surface area contributed by atoms with E-state index in [4.69, 9.17) is 25.8 Å². The first kappa shape index (κ1) is 26.0. The highest BCUT2D eigenvalue weighted by Crippen LogP contribution is 2.30. The quantitative estimate of drug-likeness (QED) is 0.404. The summed E-state index contributed by atoms with van der Waals surface area (Å²) in [5.74, 6) is -0.240. The van der Waals surface area contributed by atoms with E-state index in [0.717, 1.165) is 11.3 Å². The summed E-state index contributed by atoms with van der Waals surface area (Å²) in [6.07, 6.45) is 0.00344. The van der Waals surface area contributed by atoms with E-state index < -0.39 is 24.4 Å². The minimum atomic E-state index is -0.674. The average Bonchev–Trinajstić information content (AvgIpc) is 3.27. The van der Waals surface area contributed by atoms with Crippen LogP contribution in [-0.4, -0.2) is 38.0 Å². The first-order valence-corrected chi connectivity index (χ1v) is 12.1. The molecular formula is C28H27ClN2O6. The van der Waals surface area contributed by atoms with Gasteiger partial charge in [-0.2, -0.15) is 0 Å². The molecule has 1 heterocycles. The lowest BCUT2D eigenvalue weighted by Crippen LogP contribution is -2.28. The molecule has 0 unspecified atom stereocenters. The van der Waals surface area contributed by atoms with Crippen LogP contribution in [0.25, 0.3) is 0 Å². The second-order valence-corrected chi connectivity index (χ2v) is 9.18. The number of ether oxygens (including phenoxy) is 3. The van der Waals surface area contributed by atoms with Gasteiger partial charge in [-0.3, -0.25) is 14.4 Å². The third kappa shape index (κ3) is 6.40. The smallest absolute Gasteiger partial charge is 0.311 e. The molecule has 1 aliphatic rings. The van der Waals surface area contributed by atoms with Gasteiger partial charge in [0, 0.05) is 23.7 Å². The van der Waals surface area contributed by atoms with Gasteiger partial charge in [-0.1, -0.05) is 17.7 Å². The number of benzene rings is 3. The van der Waals surface area contributed by atoms with Crippen molar-refractivity contribution >= 4 is 40.8 Å². The molecule has 1 saturated heterocycles. The molecule has 4 rings (SSSR count). The van der Waals surface area contributed by atoms with Crippen molar-refractivity contribution in [3.63, 3.8) is 0 Å². The number of rotatable bonds is 8. The van der Waals surface area contributed by atoms with Gasteiger partial charge in [0.2, 0.25) is 5.91 Å². The Morgan fingerprint density at radius 3 is 2.43 bits per heavy atom. The molecule has 1 fully saturated rings. The van der Waals surface area contributed by atoms with Gasteiger partial charge in [0.05, 0.1) is 18.7 Å². The largest absolute Gasteiger partial charge is 0.495 e. The van der Waals surface area contributed by atoms with Gasteiger partial charge in [0.25, 0.3) is 5.91 Å². The first-order valence-electron chi connectivity index (χ1n) is 11.7. The normalized spacial score (nSPS) is 14.9. The highest BCUT2D eigenvalue weighted by molar-refractivity contribution is 6.31. The van der Waals surface area contributed by atoms with Crippen LogP contribution >= 0.6 is 11.6 Å². The third-order valence-electron chi connectivity index (χ3n) is 6.10. The van der Waals surface area contributed by atoms with Crippen LogP contribution in [0.2, 0.25) is 5.02 Å². The van der Waals surface area contributed by atoms with Crippen molar-refractivity contribution in [1.82, 2.24) is 0 Å². The zero-order valence-electron chi connectivity index (χ0n) is 20.7. The molecule has 1 N–H and O–H groups in total.